The third-order valence-corrected chi connectivity index (χ3v) is 3.89. The molecular weight excluding hydrogens is 321 g/mol. The van der Waals surface area contributed by atoms with Gasteiger partial charge in [0.2, 0.25) is 5.91 Å². The largest absolute Gasteiger partial charge is 0.416 e. The van der Waals surface area contributed by atoms with E-state index >= 15 is 0 Å². The van der Waals surface area contributed by atoms with Crippen LogP contribution in [-0.4, -0.2) is 27.2 Å². The molecule has 1 amide bonds. The molecule has 2 aromatic rings. The van der Waals surface area contributed by atoms with Crippen LogP contribution < -0.4 is 5.32 Å². The van der Waals surface area contributed by atoms with Crippen molar-refractivity contribution >= 4 is 5.91 Å². The van der Waals surface area contributed by atoms with E-state index < -0.39 is 23.2 Å². The summed E-state index contributed by atoms with van der Waals surface area (Å²) in [5.74, 6) is -0.277. The number of hydrogen-bond donors (Lipinski definition) is 1. The van der Waals surface area contributed by atoms with Crippen LogP contribution in [0.4, 0.5) is 13.2 Å². The molecule has 0 spiro atoms. The molecule has 5 nitrogen and oxygen atoms in total. The normalized spacial score (nSPS) is 13.6. The molecule has 1 unspecified atom stereocenters. The van der Waals surface area contributed by atoms with Crippen LogP contribution in [0, 0.1) is 0 Å². The van der Waals surface area contributed by atoms with Crippen molar-refractivity contribution in [1.82, 2.24) is 20.1 Å². The Morgan fingerprint density at radius 3 is 2.54 bits per heavy atom. The van der Waals surface area contributed by atoms with Crippen molar-refractivity contribution in [3.63, 3.8) is 0 Å². The van der Waals surface area contributed by atoms with Crippen LogP contribution in [0.1, 0.15) is 37.9 Å². The molecular formula is C16H19F3N4O. The van der Waals surface area contributed by atoms with Gasteiger partial charge >= 0.3 is 6.18 Å². The minimum absolute atomic E-state index is 0.201. The Morgan fingerprint density at radius 1 is 1.29 bits per heavy atom. The molecule has 24 heavy (non-hydrogen) atoms. The number of nitrogens with one attached hydrogen (secondary N) is 1. The van der Waals surface area contributed by atoms with E-state index in [1.807, 2.05) is 0 Å². The molecule has 0 fully saturated rings. The average molecular weight is 340 g/mol. The van der Waals surface area contributed by atoms with Crippen molar-refractivity contribution in [2.24, 2.45) is 0 Å². The van der Waals surface area contributed by atoms with E-state index in [0.29, 0.717) is 5.56 Å². The zero-order valence-corrected chi connectivity index (χ0v) is 13.6. The van der Waals surface area contributed by atoms with Gasteiger partial charge in [0.1, 0.15) is 18.7 Å². The monoisotopic (exact) mass is 340 g/mol. The maximum Gasteiger partial charge on any atom is 0.416 e. The summed E-state index contributed by atoms with van der Waals surface area (Å²) in [6, 6.07) is 4.60. The van der Waals surface area contributed by atoms with Gasteiger partial charge in [-0.2, -0.15) is 18.3 Å². The highest BCUT2D eigenvalue weighted by atomic mass is 19.4. The van der Waals surface area contributed by atoms with Crippen molar-refractivity contribution in [2.75, 3.05) is 6.54 Å². The third-order valence-electron chi connectivity index (χ3n) is 3.89. The zero-order valence-electron chi connectivity index (χ0n) is 13.6. The maximum absolute atomic E-state index is 12.8. The lowest BCUT2D eigenvalue weighted by Crippen LogP contribution is -2.40. The van der Waals surface area contributed by atoms with Gasteiger partial charge in [0.15, 0.2) is 0 Å². The fraction of sp³-hybridized carbons (Fsp3) is 0.438. The number of hydrogen-bond acceptors (Lipinski definition) is 3. The number of rotatable bonds is 5. The highest BCUT2D eigenvalue weighted by Crippen LogP contribution is 2.32. The lowest BCUT2D eigenvalue weighted by Gasteiger charge is -2.27. The number of carbonyl (C=O) groups is 1. The Hall–Kier alpha value is -2.38. The Morgan fingerprint density at radius 2 is 1.96 bits per heavy atom. The number of halogens is 3. The molecule has 0 aliphatic carbocycles. The first-order valence-electron chi connectivity index (χ1n) is 7.41. The molecule has 8 heteroatoms. The summed E-state index contributed by atoms with van der Waals surface area (Å²) >= 11 is 0. The van der Waals surface area contributed by atoms with E-state index in [2.05, 4.69) is 15.4 Å². The van der Waals surface area contributed by atoms with Crippen LogP contribution in [0.25, 0.3) is 0 Å². The van der Waals surface area contributed by atoms with E-state index in [9.17, 15) is 18.0 Å². The van der Waals surface area contributed by atoms with Gasteiger partial charge in [0.25, 0.3) is 0 Å². The summed E-state index contributed by atoms with van der Waals surface area (Å²) in [4.78, 5) is 15.9. The van der Waals surface area contributed by atoms with Crippen LogP contribution in [0.3, 0.4) is 0 Å². The molecule has 0 aliphatic heterocycles. The topological polar surface area (TPSA) is 59.8 Å². The van der Waals surface area contributed by atoms with Crippen LogP contribution in [0.2, 0.25) is 0 Å². The van der Waals surface area contributed by atoms with E-state index in [1.165, 1.54) is 23.4 Å². The van der Waals surface area contributed by atoms with E-state index in [-0.39, 0.29) is 12.5 Å². The fourth-order valence-corrected chi connectivity index (χ4v) is 2.21. The summed E-state index contributed by atoms with van der Waals surface area (Å²) in [6.45, 7) is 5.43. The first kappa shape index (κ1) is 18.0. The van der Waals surface area contributed by atoms with Gasteiger partial charge in [0.05, 0.1) is 5.56 Å². The molecule has 0 saturated heterocycles. The summed E-state index contributed by atoms with van der Waals surface area (Å²) in [7, 11) is 0. The molecule has 1 heterocycles. The molecule has 2 rings (SSSR count). The smallest absolute Gasteiger partial charge is 0.353 e. The molecule has 0 bridgehead atoms. The molecule has 0 radical (unpaired) electrons. The number of benzene rings is 1. The van der Waals surface area contributed by atoms with Crippen molar-refractivity contribution < 1.29 is 18.0 Å². The third kappa shape index (κ3) is 4.12. The standard InChI is InChI=1S/C16H19F3N4O/c1-11(23-10-20-9-22-23)14(24)21-8-15(2,3)12-5-4-6-13(7-12)16(17,18)19/h4-7,9-11H,8H2,1-3H3,(H,21,24). The minimum atomic E-state index is -4.39. The van der Waals surface area contributed by atoms with Crippen LogP contribution >= 0.6 is 0 Å². The second-order valence-corrected chi connectivity index (χ2v) is 6.23. The quantitative estimate of drug-likeness (QED) is 0.910. The van der Waals surface area contributed by atoms with E-state index in [1.54, 1.807) is 26.8 Å². The lowest BCUT2D eigenvalue weighted by atomic mass is 9.83. The molecule has 0 aliphatic rings. The Balaban J connectivity index is 2.07. The highest BCUT2D eigenvalue weighted by molar-refractivity contribution is 5.79. The van der Waals surface area contributed by atoms with E-state index in [4.69, 9.17) is 0 Å². The summed E-state index contributed by atoms with van der Waals surface area (Å²) in [5.41, 5.74) is -0.847. The number of nitrogens with zero attached hydrogens (tertiary/aromatic N) is 3. The van der Waals surface area contributed by atoms with Gasteiger partial charge in [-0.15, -0.1) is 0 Å². The first-order valence-corrected chi connectivity index (χ1v) is 7.41. The van der Waals surface area contributed by atoms with Crippen LogP contribution in [0.5, 0.6) is 0 Å². The van der Waals surface area contributed by atoms with Crippen LogP contribution in [-0.2, 0) is 16.4 Å². The number of alkyl halides is 3. The van der Waals surface area contributed by atoms with Gasteiger partial charge < -0.3 is 5.32 Å². The van der Waals surface area contributed by atoms with E-state index in [0.717, 1.165) is 12.1 Å². The van der Waals surface area contributed by atoms with Crippen molar-refractivity contribution in [2.45, 2.75) is 38.4 Å². The number of amides is 1. The van der Waals surface area contributed by atoms with Gasteiger partial charge in [-0.1, -0.05) is 32.0 Å². The minimum Gasteiger partial charge on any atom is -0.353 e. The van der Waals surface area contributed by atoms with Gasteiger partial charge in [0, 0.05) is 12.0 Å². The molecule has 0 saturated carbocycles. The summed E-state index contributed by atoms with van der Waals surface area (Å²) in [5, 5.41) is 6.66. The second-order valence-electron chi connectivity index (χ2n) is 6.23. The number of carbonyl (C=O) groups excluding carboxylic acids is 1. The Kier molecular flexibility index (Phi) is 4.96. The summed E-state index contributed by atoms with van der Waals surface area (Å²) < 4.78 is 40.0. The Labute approximate surface area is 137 Å². The maximum atomic E-state index is 12.8. The Bertz CT molecular complexity index is 696. The SMILES string of the molecule is CC(C(=O)NCC(C)(C)c1cccc(C(F)(F)F)c1)n1cncn1. The molecule has 1 aromatic carbocycles. The first-order chi connectivity index (χ1) is 11.1. The van der Waals surface area contributed by atoms with Gasteiger partial charge in [-0.25, -0.2) is 9.67 Å². The van der Waals surface area contributed by atoms with Crippen LogP contribution in [0.15, 0.2) is 36.9 Å². The predicted molar refractivity (Wildman–Crippen MR) is 82.2 cm³/mol. The van der Waals surface area contributed by atoms with Gasteiger partial charge in [-0.3, -0.25) is 4.79 Å². The lowest BCUT2D eigenvalue weighted by molar-refractivity contribution is -0.137. The predicted octanol–water partition coefficient (Wildman–Crippen LogP) is 2.95. The fourth-order valence-electron chi connectivity index (χ4n) is 2.21. The van der Waals surface area contributed by atoms with Gasteiger partial charge in [-0.05, 0) is 18.6 Å². The average Bonchev–Trinajstić information content (AvgIpc) is 3.05. The van der Waals surface area contributed by atoms with Crippen molar-refractivity contribution in [1.29, 1.82) is 0 Å². The van der Waals surface area contributed by atoms with Crippen molar-refractivity contribution in [3.8, 4) is 0 Å². The molecule has 1 aromatic heterocycles. The summed E-state index contributed by atoms with van der Waals surface area (Å²) in [6.07, 6.45) is -1.63. The highest BCUT2D eigenvalue weighted by Gasteiger charge is 2.32. The molecule has 1 atom stereocenters. The zero-order chi connectivity index (χ0) is 18.0. The second kappa shape index (κ2) is 6.62. The molecule has 1 N–H and O–H groups in total. The number of aromatic nitrogens is 3. The molecule has 130 valence electrons. The van der Waals surface area contributed by atoms with Crippen molar-refractivity contribution in [3.05, 3.63) is 48.0 Å².